The monoisotopic (exact) mass is 391 g/mol. The summed E-state index contributed by atoms with van der Waals surface area (Å²) in [6.45, 7) is 6.65. The molecule has 1 N–H and O–H groups in total. The summed E-state index contributed by atoms with van der Waals surface area (Å²) in [6, 6.07) is 15.3. The van der Waals surface area contributed by atoms with Gasteiger partial charge in [0.1, 0.15) is 4.88 Å². The first-order chi connectivity index (χ1) is 13.4. The van der Waals surface area contributed by atoms with Crippen molar-refractivity contribution in [2.75, 3.05) is 0 Å². The van der Waals surface area contributed by atoms with Crippen molar-refractivity contribution >= 4 is 17.2 Å². The number of nitriles is 1. The van der Waals surface area contributed by atoms with E-state index in [0.717, 1.165) is 33.6 Å². The average molecular weight is 391 g/mol. The summed E-state index contributed by atoms with van der Waals surface area (Å²) < 4.78 is 1.65. The molecular formula is C22H21N3O2S. The maximum Gasteiger partial charge on any atom is 0.308 e. The summed E-state index contributed by atoms with van der Waals surface area (Å²) in [5.74, 6) is -0.261. The Morgan fingerprint density at radius 2 is 1.71 bits per heavy atom. The number of thiazole rings is 1. The first-order valence-electron chi connectivity index (χ1n) is 8.92. The molecule has 0 unspecified atom stereocenters. The van der Waals surface area contributed by atoms with E-state index in [0.29, 0.717) is 29.2 Å². The molecule has 0 saturated heterocycles. The van der Waals surface area contributed by atoms with Gasteiger partial charge in [0.05, 0.1) is 18.2 Å². The minimum atomic E-state index is -0.261. The third-order valence-electron chi connectivity index (χ3n) is 4.51. The predicted molar refractivity (Wildman–Crippen MR) is 111 cm³/mol. The van der Waals surface area contributed by atoms with Crippen LogP contribution in [0, 0.1) is 32.1 Å². The van der Waals surface area contributed by atoms with Gasteiger partial charge in [0.2, 0.25) is 0 Å². The second kappa shape index (κ2) is 8.24. The summed E-state index contributed by atoms with van der Waals surface area (Å²) in [5, 5.41) is 11.7. The van der Waals surface area contributed by atoms with Crippen LogP contribution in [0.3, 0.4) is 0 Å². The highest BCUT2D eigenvalue weighted by atomic mass is 32.1. The Morgan fingerprint density at radius 1 is 1.07 bits per heavy atom. The van der Waals surface area contributed by atoms with E-state index in [4.69, 9.17) is 5.26 Å². The lowest BCUT2D eigenvalue weighted by molar-refractivity contribution is 0.0954. The van der Waals surface area contributed by atoms with Gasteiger partial charge in [0.25, 0.3) is 5.91 Å². The fraction of sp³-hybridized carbons (Fsp3) is 0.227. The molecule has 0 bridgehead atoms. The smallest absolute Gasteiger partial charge is 0.308 e. The van der Waals surface area contributed by atoms with Crippen LogP contribution in [0.5, 0.6) is 0 Å². The number of amides is 1. The number of aromatic nitrogens is 1. The summed E-state index contributed by atoms with van der Waals surface area (Å²) in [6.07, 6.45) is 0. The van der Waals surface area contributed by atoms with Crippen LogP contribution in [0.4, 0.5) is 0 Å². The SMILES string of the molecule is Cc1cc(C)cc(Cn2c(C)c(C(=O)NCc3ccc(C#N)cc3)sc2=O)c1. The number of aryl methyl sites for hydroxylation is 2. The van der Waals surface area contributed by atoms with Gasteiger partial charge in [0.15, 0.2) is 0 Å². The number of carbonyl (C=O) groups excluding carboxylic acids is 1. The Morgan fingerprint density at radius 3 is 2.32 bits per heavy atom. The fourth-order valence-corrected chi connectivity index (χ4v) is 4.08. The van der Waals surface area contributed by atoms with Crippen LogP contribution in [0.2, 0.25) is 0 Å². The summed E-state index contributed by atoms with van der Waals surface area (Å²) in [5.41, 5.74) is 5.49. The van der Waals surface area contributed by atoms with Gasteiger partial charge in [0, 0.05) is 12.2 Å². The second-order valence-corrected chi connectivity index (χ2v) is 7.82. The van der Waals surface area contributed by atoms with Gasteiger partial charge in [-0.15, -0.1) is 0 Å². The molecule has 0 aliphatic carbocycles. The van der Waals surface area contributed by atoms with Gasteiger partial charge in [-0.2, -0.15) is 5.26 Å². The number of hydrogen-bond acceptors (Lipinski definition) is 4. The number of nitrogens with one attached hydrogen (secondary N) is 1. The number of rotatable bonds is 5. The third-order valence-corrected chi connectivity index (χ3v) is 5.59. The Balaban J connectivity index is 1.75. The number of hydrogen-bond donors (Lipinski definition) is 1. The van der Waals surface area contributed by atoms with Crippen LogP contribution in [0.15, 0.2) is 47.3 Å². The van der Waals surface area contributed by atoms with Crippen molar-refractivity contribution in [3.63, 3.8) is 0 Å². The van der Waals surface area contributed by atoms with Crippen molar-refractivity contribution < 1.29 is 4.79 Å². The van der Waals surface area contributed by atoms with Gasteiger partial charge >= 0.3 is 4.87 Å². The third kappa shape index (κ3) is 4.38. The Bertz CT molecular complexity index is 1100. The molecule has 142 valence electrons. The molecule has 0 spiro atoms. The molecule has 3 rings (SSSR count). The minimum Gasteiger partial charge on any atom is -0.347 e. The number of carbonyl (C=O) groups is 1. The maximum atomic E-state index is 12.6. The normalized spacial score (nSPS) is 10.5. The molecule has 6 heteroatoms. The van der Waals surface area contributed by atoms with Crippen molar-refractivity contribution in [3.05, 3.63) is 90.5 Å². The van der Waals surface area contributed by atoms with E-state index in [1.165, 1.54) is 0 Å². The molecule has 5 nitrogen and oxygen atoms in total. The summed E-state index contributed by atoms with van der Waals surface area (Å²) >= 11 is 0.970. The molecule has 0 aliphatic heterocycles. The zero-order valence-corrected chi connectivity index (χ0v) is 16.9. The van der Waals surface area contributed by atoms with Crippen LogP contribution in [-0.4, -0.2) is 10.5 Å². The molecule has 2 aromatic carbocycles. The summed E-state index contributed by atoms with van der Waals surface area (Å²) in [4.78, 5) is 25.3. The topological polar surface area (TPSA) is 74.9 Å². The van der Waals surface area contributed by atoms with Gasteiger partial charge < -0.3 is 5.32 Å². The van der Waals surface area contributed by atoms with Gasteiger partial charge in [-0.3, -0.25) is 14.2 Å². The standard InChI is InChI=1S/C22H21N3O2S/c1-14-8-15(2)10-19(9-14)13-25-16(3)20(28-22(25)27)21(26)24-12-18-6-4-17(11-23)5-7-18/h4-10H,12-13H2,1-3H3,(H,24,26). The molecule has 3 aromatic rings. The average Bonchev–Trinajstić information content (AvgIpc) is 2.94. The zero-order valence-electron chi connectivity index (χ0n) is 16.1. The largest absolute Gasteiger partial charge is 0.347 e. The molecule has 28 heavy (non-hydrogen) atoms. The van der Waals surface area contributed by atoms with Crippen molar-refractivity contribution in [1.82, 2.24) is 9.88 Å². The Hall–Kier alpha value is -3.17. The van der Waals surface area contributed by atoms with E-state index >= 15 is 0 Å². The van der Waals surface area contributed by atoms with E-state index in [9.17, 15) is 9.59 Å². The highest BCUT2D eigenvalue weighted by Gasteiger charge is 2.17. The lowest BCUT2D eigenvalue weighted by Gasteiger charge is -2.09. The van der Waals surface area contributed by atoms with E-state index < -0.39 is 0 Å². The molecule has 0 aliphatic rings. The molecular weight excluding hydrogens is 370 g/mol. The van der Waals surface area contributed by atoms with Crippen molar-refractivity contribution in [2.45, 2.75) is 33.9 Å². The highest BCUT2D eigenvalue weighted by molar-refractivity contribution is 7.11. The number of nitrogens with zero attached hydrogens (tertiary/aromatic N) is 2. The molecule has 1 heterocycles. The van der Waals surface area contributed by atoms with E-state index in [1.807, 2.05) is 13.8 Å². The molecule has 0 atom stereocenters. The van der Waals surface area contributed by atoms with Crippen LogP contribution < -0.4 is 10.2 Å². The fourth-order valence-electron chi connectivity index (χ4n) is 3.17. The maximum absolute atomic E-state index is 12.6. The summed E-state index contributed by atoms with van der Waals surface area (Å²) in [7, 11) is 0. The van der Waals surface area contributed by atoms with E-state index in [1.54, 1.807) is 35.8 Å². The zero-order chi connectivity index (χ0) is 20.3. The van der Waals surface area contributed by atoms with Gasteiger partial charge in [-0.25, -0.2) is 0 Å². The first kappa shape index (κ1) is 19.6. The molecule has 1 amide bonds. The Kier molecular flexibility index (Phi) is 5.76. The van der Waals surface area contributed by atoms with Gasteiger partial charge in [-0.05, 0) is 44.0 Å². The van der Waals surface area contributed by atoms with Crippen LogP contribution in [-0.2, 0) is 13.1 Å². The van der Waals surface area contributed by atoms with Crippen molar-refractivity contribution in [2.24, 2.45) is 0 Å². The van der Waals surface area contributed by atoms with E-state index in [-0.39, 0.29) is 10.8 Å². The lowest BCUT2D eigenvalue weighted by Crippen LogP contribution is -2.23. The van der Waals surface area contributed by atoms with Crippen LogP contribution in [0.1, 0.15) is 43.2 Å². The van der Waals surface area contributed by atoms with Crippen LogP contribution >= 0.6 is 11.3 Å². The lowest BCUT2D eigenvalue weighted by atomic mass is 10.1. The first-order valence-corrected chi connectivity index (χ1v) is 9.73. The quantitative estimate of drug-likeness (QED) is 0.721. The number of benzene rings is 2. The van der Waals surface area contributed by atoms with E-state index in [2.05, 4.69) is 29.6 Å². The van der Waals surface area contributed by atoms with Gasteiger partial charge in [-0.1, -0.05) is 52.8 Å². The minimum absolute atomic E-state index is 0.139. The molecule has 0 radical (unpaired) electrons. The Labute approximate surface area is 167 Å². The van der Waals surface area contributed by atoms with Crippen molar-refractivity contribution in [1.29, 1.82) is 5.26 Å². The highest BCUT2D eigenvalue weighted by Crippen LogP contribution is 2.16. The second-order valence-electron chi connectivity index (χ2n) is 6.86. The van der Waals surface area contributed by atoms with Crippen molar-refractivity contribution in [3.8, 4) is 6.07 Å². The molecule has 1 aromatic heterocycles. The van der Waals surface area contributed by atoms with Crippen LogP contribution in [0.25, 0.3) is 0 Å². The predicted octanol–water partition coefficient (Wildman–Crippen LogP) is 3.69. The molecule has 0 saturated carbocycles. The molecule has 0 fully saturated rings.